The summed E-state index contributed by atoms with van der Waals surface area (Å²) in [5.74, 6) is -0.166. The molecule has 6 heteroatoms. The zero-order valence-corrected chi connectivity index (χ0v) is 16.1. The number of hydrogen-bond acceptors (Lipinski definition) is 4. The van der Waals surface area contributed by atoms with E-state index in [-0.39, 0.29) is 18.5 Å². The minimum Gasteiger partial charge on any atom is -0.348 e. The van der Waals surface area contributed by atoms with Gasteiger partial charge in [-0.1, -0.05) is 30.3 Å². The van der Waals surface area contributed by atoms with Gasteiger partial charge in [0, 0.05) is 0 Å². The number of para-hydroxylation sites is 1. The lowest BCUT2D eigenvalue weighted by atomic mass is 9.85. The topological polar surface area (TPSA) is 94.5 Å². The van der Waals surface area contributed by atoms with Crippen molar-refractivity contribution in [2.45, 2.75) is 38.8 Å². The third-order valence-corrected chi connectivity index (χ3v) is 4.86. The summed E-state index contributed by atoms with van der Waals surface area (Å²) in [4.78, 5) is 16.8. The Morgan fingerprint density at radius 2 is 1.93 bits per heavy atom. The Hall–Kier alpha value is -3.64. The van der Waals surface area contributed by atoms with Crippen LogP contribution in [0.25, 0.3) is 11.0 Å². The first kappa shape index (κ1) is 19.1. The molecule has 0 saturated heterocycles. The van der Waals surface area contributed by atoms with E-state index in [4.69, 9.17) is 0 Å². The quantitative estimate of drug-likeness (QED) is 0.741. The third-order valence-electron chi connectivity index (χ3n) is 4.86. The highest BCUT2D eigenvalue weighted by Gasteiger charge is 2.20. The van der Waals surface area contributed by atoms with Crippen molar-refractivity contribution < 1.29 is 4.79 Å². The molecule has 1 aromatic heterocycles. The average Bonchev–Trinajstić information content (AvgIpc) is 3.10. The second kappa shape index (κ2) is 7.54. The molecule has 1 atom stereocenters. The molecule has 0 aliphatic carbocycles. The van der Waals surface area contributed by atoms with Gasteiger partial charge in [-0.15, -0.1) is 0 Å². The SMILES string of the molecule is C[C@H](NC(=O)Cn1cnc2cccc(C#N)c21)c1ccc(C(C)(C)C#N)cc1. The van der Waals surface area contributed by atoms with Crippen LogP contribution in [0.1, 0.15) is 43.5 Å². The summed E-state index contributed by atoms with van der Waals surface area (Å²) in [6, 6.07) is 17.3. The van der Waals surface area contributed by atoms with Crippen LogP contribution in [0.5, 0.6) is 0 Å². The van der Waals surface area contributed by atoms with E-state index in [0.717, 1.165) is 11.1 Å². The Morgan fingerprint density at radius 1 is 1.21 bits per heavy atom. The average molecular weight is 371 g/mol. The first-order valence-corrected chi connectivity index (χ1v) is 9.00. The summed E-state index contributed by atoms with van der Waals surface area (Å²) in [5.41, 5.74) is 3.19. The van der Waals surface area contributed by atoms with Crippen LogP contribution in [-0.4, -0.2) is 15.5 Å². The second-order valence-electron chi connectivity index (χ2n) is 7.31. The van der Waals surface area contributed by atoms with E-state index in [0.29, 0.717) is 16.6 Å². The van der Waals surface area contributed by atoms with Crippen LogP contribution in [0.3, 0.4) is 0 Å². The fourth-order valence-electron chi connectivity index (χ4n) is 3.12. The number of nitriles is 2. The van der Waals surface area contributed by atoms with Gasteiger partial charge in [0.15, 0.2) is 0 Å². The van der Waals surface area contributed by atoms with Gasteiger partial charge in [-0.2, -0.15) is 10.5 Å². The maximum absolute atomic E-state index is 12.5. The molecule has 3 rings (SSSR count). The molecule has 1 heterocycles. The van der Waals surface area contributed by atoms with Crippen molar-refractivity contribution in [1.82, 2.24) is 14.9 Å². The molecule has 140 valence electrons. The van der Waals surface area contributed by atoms with Crippen LogP contribution in [0.4, 0.5) is 0 Å². The predicted octanol–water partition coefficient (Wildman–Crippen LogP) is 3.59. The van der Waals surface area contributed by atoms with Crippen LogP contribution in [0.15, 0.2) is 48.8 Å². The zero-order valence-electron chi connectivity index (χ0n) is 16.1. The Kier molecular flexibility index (Phi) is 5.15. The van der Waals surface area contributed by atoms with Crippen molar-refractivity contribution in [2.24, 2.45) is 0 Å². The van der Waals surface area contributed by atoms with E-state index in [1.54, 1.807) is 23.0 Å². The van der Waals surface area contributed by atoms with Crippen molar-refractivity contribution in [2.75, 3.05) is 0 Å². The molecule has 0 fully saturated rings. The molecule has 0 bridgehead atoms. The number of fused-ring (bicyclic) bond motifs is 1. The fraction of sp³-hybridized carbons (Fsp3) is 0.273. The first-order chi connectivity index (χ1) is 13.4. The van der Waals surface area contributed by atoms with Crippen LogP contribution < -0.4 is 5.32 Å². The van der Waals surface area contributed by atoms with Gasteiger partial charge in [0.1, 0.15) is 12.6 Å². The maximum atomic E-state index is 12.5. The molecule has 0 aliphatic heterocycles. The maximum Gasteiger partial charge on any atom is 0.240 e. The largest absolute Gasteiger partial charge is 0.348 e. The molecule has 1 N–H and O–H groups in total. The summed E-state index contributed by atoms with van der Waals surface area (Å²) >= 11 is 0. The molecule has 0 spiro atoms. The Labute approximate surface area is 164 Å². The van der Waals surface area contributed by atoms with Gasteiger partial charge in [-0.25, -0.2) is 4.98 Å². The number of aromatic nitrogens is 2. The molecular weight excluding hydrogens is 350 g/mol. The number of hydrogen-bond donors (Lipinski definition) is 1. The Balaban J connectivity index is 1.72. The first-order valence-electron chi connectivity index (χ1n) is 9.00. The number of amides is 1. The lowest BCUT2D eigenvalue weighted by molar-refractivity contribution is -0.122. The zero-order chi connectivity index (χ0) is 20.3. The monoisotopic (exact) mass is 371 g/mol. The van der Waals surface area contributed by atoms with Crippen molar-refractivity contribution in [3.8, 4) is 12.1 Å². The molecule has 1 amide bonds. The van der Waals surface area contributed by atoms with Crippen LogP contribution >= 0.6 is 0 Å². The minimum absolute atomic E-state index is 0.0824. The van der Waals surface area contributed by atoms with Gasteiger partial charge in [0.05, 0.1) is 40.5 Å². The molecule has 0 unspecified atom stereocenters. The molecule has 0 aliphatic rings. The Bertz CT molecular complexity index is 1100. The fourth-order valence-corrected chi connectivity index (χ4v) is 3.12. The standard InChI is InChI=1S/C22H21N5O/c1-15(16-7-9-18(10-8-16)22(2,3)13-24)26-20(28)12-27-14-25-19-6-4-5-17(11-23)21(19)27/h4-10,14-15H,12H2,1-3H3,(H,26,28)/t15-/m0/s1. The van der Waals surface area contributed by atoms with E-state index in [2.05, 4.69) is 22.4 Å². The summed E-state index contributed by atoms with van der Waals surface area (Å²) in [7, 11) is 0. The second-order valence-corrected chi connectivity index (χ2v) is 7.31. The van der Waals surface area contributed by atoms with Gasteiger partial charge in [0.25, 0.3) is 0 Å². The van der Waals surface area contributed by atoms with E-state index >= 15 is 0 Å². The van der Waals surface area contributed by atoms with E-state index in [9.17, 15) is 15.3 Å². The third kappa shape index (κ3) is 3.72. The predicted molar refractivity (Wildman–Crippen MR) is 106 cm³/mol. The van der Waals surface area contributed by atoms with Crippen LogP contribution in [0.2, 0.25) is 0 Å². The molecule has 28 heavy (non-hydrogen) atoms. The minimum atomic E-state index is -0.550. The number of nitrogens with zero attached hydrogens (tertiary/aromatic N) is 4. The summed E-state index contributed by atoms with van der Waals surface area (Å²) in [6.07, 6.45) is 1.58. The highest BCUT2D eigenvalue weighted by molar-refractivity contribution is 5.84. The number of carbonyl (C=O) groups is 1. The smallest absolute Gasteiger partial charge is 0.240 e. The molecule has 6 nitrogen and oxygen atoms in total. The molecule has 0 saturated carbocycles. The molecular formula is C22H21N5O. The summed E-state index contributed by atoms with van der Waals surface area (Å²) < 4.78 is 1.69. The summed E-state index contributed by atoms with van der Waals surface area (Å²) in [5, 5.41) is 21.5. The van der Waals surface area contributed by atoms with Gasteiger partial charge in [-0.3, -0.25) is 4.79 Å². The van der Waals surface area contributed by atoms with Crippen molar-refractivity contribution in [3.63, 3.8) is 0 Å². The lowest BCUT2D eigenvalue weighted by Crippen LogP contribution is -2.30. The number of rotatable bonds is 5. The number of carbonyl (C=O) groups excluding carboxylic acids is 1. The number of benzene rings is 2. The van der Waals surface area contributed by atoms with E-state index in [1.807, 2.05) is 51.1 Å². The van der Waals surface area contributed by atoms with Gasteiger partial charge in [-0.05, 0) is 44.0 Å². The molecule has 0 radical (unpaired) electrons. The normalized spacial score (nSPS) is 12.2. The van der Waals surface area contributed by atoms with Gasteiger partial charge >= 0.3 is 0 Å². The Morgan fingerprint density at radius 3 is 2.57 bits per heavy atom. The highest BCUT2D eigenvalue weighted by Crippen LogP contribution is 2.24. The van der Waals surface area contributed by atoms with Crippen LogP contribution in [-0.2, 0) is 16.8 Å². The van der Waals surface area contributed by atoms with Crippen LogP contribution in [0, 0.1) is 22.7 Å². The highest BCUT2D eigenvalue weighted by atomic mass is 16.2. The molecule has 3 aromatic rings. The van der Waals surface area contributed by atoms with Crippen molar-refractivity contribution >= 4 is 16.9 Å². The van der Waals surface area contributed by atoms with Gasteiger partial charge < -0.3 is 9.88 Å². The van der Waals surface area contributed by atoms with Gasteiger partial charge in [0.2, 0.25) is 5.91 Å². The number of nitrogens with one attached hydrogen (secondary N) is 1. The van der Waals surface area contributed by atoms with Crippen molar-refractivity contribution in [3.05, 3.63) is 65.5 Å². The number of imidazole rings is 1. The molecule has 2 aromatic carbocycles. The van der Waals surface area contributed by atoms with E-state index in [1.165, 1.54) is 0 Å². The lowest BCUT2D eigenvalue weighted by Gasteiger charge is -2.19. The summed E-state index contributed by atoms with van der Waals surface area (Å²) in [6.45, 7) is 5.74. The van der Waals surface area contributed by atoms with Crippen molar-refractivity contribution in [1.29, 1.82) is 10.5 Å². The van der Waals surface area contributed by atoms with E-state index < -0.39 is 5.41 Å².